The Labute approximate surface area is 91.3 Å². The SMILES string of the molecule is CCOC(=O)OC(=O)OCC.CS(C)=O. The molecule has 0 aliphatic heterocycles. The molecule has 0 heterocycles. The Balaban J connectivity index is 0. The van der Waals surface area contributed by atoms with Gasteiger partial charge in [0.15, 0.2) is 0 Å². The smallest absolute Gasteiger partial charge is 0.434 e. The maximum absolute atomic E-state index is 10.4. The summed E-state index contributed by atoms with van der Waals surface area (Å²) in [5.41, 5.74) is 0. The Kier molecular flexibility index (Phi) is 11.9. The first-order valence-corrected chi connectivity index (χ1v) is 6.17. The Morgan fingerprint density at radius 3 is 1.47 bits per heavy atom. The molecule has 15 heavy (non-hydrogen) atoms. The predicted molar refractivity (Wildman–Crippen MR) is 55.1 cm³/mol. The Morgan fingerprint density at radius 2 is 1.27 bits per heavy atom. The van der Waals surface area contributed by atoms with Gasteiger partial charge in [0.25, 0.3) is 0 Å². The molecule has 0 aromatic heterocycles. The summed E-state index contributed by atoms with van der Waals surface area (Å²) < 4.78 is 22.2. The Bertz CT molecular complexity index is 195. The first-order valence-electron chi connectivity index (χ1n) is 4.20. The molecule has 0 atom stereocenters. The van der Waals surface area contributed by atoms with Crippen LogP contribution in [0.2, 0.25) is 0 Å². The second-order valence-corrected chi connectivity index (χ2v) is 3.69. The van der Waals surface area contributed by atoms with E-state index in [0.717, 1.165) is 0 Å². The molecule has 0 saturated carbocycles. The van der Waals surface area contributed by atoms with Gasteiger partial charge in [0, 0.05) is 23.3 Å². The molecular weight excluding hydrogens is 224 g/mol. The highest BCUT2D eigenvalue weighted by Crippen LogP contribution is 1.89. The van der Waals surface area contributed by atoms with Gasteiger partial charge in [0.2, 0.25) is 0 Å². The lowest BCUT2D eigenvalue weighted by atomic mass is 10.9. The zero-order valence-corrected chi connectivity index (χ0v) is 10.1. The van der Waals surface area contributed by atoms with E-state index in [1.165, 1.54) is 0 Å². The van der Waals surface area contributed by atoms with Crippen LogP contribution in [0, 0.1) is 0 Å². The van der Waals surface area contributed by atoms with E-state index in [2.05, 4.69) is 14.2 Å². The molecule has 6 nitrogen and oxygen atoms in total. The fourth-order valence-corrected chi connectivity index (χ4v) is 0.363. The van der Waals surface area contributed by atoms with Crippen LogP contribution >= 0.6 is 0 Å². The minimum absolute atomic E-state index is 0.165. The van der Waals surface area contributed by atoms with Gasteiger partial charge in [-0.15, -0.1) is 0 Å². The van der Waals surface area contributed by atoms with Gasteiger partial charge in [-0.1, -0.05) is 0 Å². The number of carbonyl (C=O) groups excluding carboxylic acids is 2. The standard InChI is InChI=1S/C6H10O5.C2H6OS/c1-3-9-5(7)11-6(8)10-4-2;1-4(2)3/h3-4H2,1-2H3;1-2H3. The third-order valence-corrected chi connectivity index (χ3v) is 0.691. The van der Waals surface area contributed by atoms with E-state index in [4.69, 9.17) is 0 Å². The van der Waals surface area contributed by atoms with Gasteiger partial charge in [-0.05, 0) is 13.8 Å². The van der Waals surface area contributed by atoms with Crippen LogP contribution in [0.1, 0.15) is 13.8 Å². The molecular formula is C8H16O6S. The van der Waals surface area contributed by atoms with Crippen LogP contribution in [-0.2, 0) is 25.0 Å². The normalized spacial score (nSPS) is 8.60. The molecule has 0 saturated heterocycles. The fraction of sp³-hybridized carbons (Fsp3) is 0.750. The van der Waals surface area contributed by atoms with E-state index in [0.29, 0.717) is 0 Å². The zero-order chi connectivity index (χ0) is 12.3. The molecule has 0 spiro atoms. The van der Waals surface area contributed by atoms with Crippen LogP contribution in [0.3, 0.4) is 0 Å². The van der Waals surface area contributed by atoms with E-state index in [1.807, 2.05) is 0 Å². The highest BCUT2D eigenvalue weighted by Gasteiger charge is 2.10. The van der Waals surface area contributed by atoms with E-state index in [9.17, 15) is 13.8 Å². The lowest BCUT2D eigenvalue weighted by molar-refractivity contribution is 0.0409. The quantitative estimate of drug-likeness (QED) is 0.535. The van der Waals surface area contributed by atoms with Gasteiger partial charge < -0.3 is 14.2 Å². The van der Waals surface area contributed by atoms with Gasteiger partial charge >= 0.3 is 12.3 Å². The van der Waals surface area contributed by atoms with E-state index in [-0.39, 0.29) is 13.2 Å². The maximum Gasteiger partial charge on any atom is 0.518 e. The summed E-state index contributed by atoms with van der Waals surface area (Å²) in [6.07, 6.45) is 1.21. The summed E-state index contributed by atoms with van der Waals surface area (Å²) in [5.74, 6) is 0. The van der Waals surface area contributed by atoms with E-state index < -0.39 is 23.1 Å². The molecule has 0 rings (SSSR count). The predicted octanol–water partition coefficient (Wildman–Crippen LogP) is 1.31. The molecule has 0 aromatic carbocycles. The summed E-state index contributed by atoms with van der Waals surface area (Å²) >= 11 is 0. The summed E-state index contributed by atoms with van der Waals surface area (Å²) in [6.45, 7) is 3.54. The number of rotatable bonds is 2. The van der Waals surface area contributed by atoms with Gasteiger partial charge in [-0.25, -0.2) is 9.59 Å². The van der Waals surface area contributed by atoms with Crippen LogP contribution in [-0.4, -0.2) is 42.2 Å². The van der Waals surface area contributed by atoms with Crippen molar-refractivity contribution in [1.29, 1.82) is 0 Å². The van der Waals surface area contributed by atoms with E-state index in [1.54, 1.807) is 26.4 Å². The van der Waals surface area contributed by atoms with Crippen molar-refractivity contribution < 1.29 is 28.0 Å². The van der Waals surface area contributed by atoms with Gasteiger partial charge in [-0.2, -0.15) is 0 Å². The van der Waals surface area contributed by atoms with Crippen LogP contribution in [0.15, 0.2) is 0 Å². The average molecular weight is 240 g/mol. The minimum atomic E-state index is -1.04. The molecule has 0 N–H and O–H groups in total. The zero-order valence-electron chi connectivity index (χ0n) is 9.27. The molecule has 0 aliphatic carbocycles. The van der Waals surface area contributed by atoms with Crippen molar-refractivity contribution in [3.63, 3.8) is 0 Å². The van der Waals surface area contributed by atoms with Gasteiger partial charge in [-0.3, -0.25) is 4.21 Å². The molecule has 0 aromatic rings. The highest BCUT2D eigenvalue weighted by molar-refractivity contribution is 7.83. The van der Waals surface area contributed by atoms with Crippen molar-refractivity contribution in [3.05, 3.63) is 0 Å². The lowest BCUT2D eigenvalue weighted by Crippen LogP contribution is -2.14. The maximum atomic E-state index is 10.4. The van der Waals surface area contributed by atoms with Crippen molar-refractivity contribution in [2.24, 2.45) is 0 Å². The van der Waals surface area contributed by atoms with Crippen LogP contribution in [0.25, 0.3) is 0 Å². The fourth-order valence-electron chi connectivity index (χ4n) is 0.363. The van der Waals surface area contributed by atoms with Crippen molar-refractivity contribution in [2.45, 2.75) is 13.8 Å². The lowest BCUT2D eigenvalue weighted by Gasteiger charge is -2.01. The Hall–Kier alpha value is -1.11. The molecule has 7 heteroatoms. The number of hydrogen-bond donors (Lipinski definition) is 0. The first kappa shape index (κ1) is 16.3. The van der Waals surface area contributed by atoms with Crippen LogP contribution in [0.5, 0.6) is 0 Å². The largest absolute Gasteiger partial charge is 0.518 e. The number of carbonyl (C=O) groups is 2. The molecule has 90 valence electrons. The van der Waals surface area contributed by atoms with Gasteiger partial charge in [0.05, 0.1) is 13.2 Å². The third kappa shape index (κ3) is 19.3. The second kappa shape index (κ2) is 11.0. The topological polar surface area (TPSA) is 78.9 Å². The van der Waals surface area contributed by atoms with E-state index >= 15 is 0 Å². The summed E-state index contributed by atoms with van der Waals surface area (Å²) in [6, 6.07) is 0. The molecule has 0 unspecified atom stereocenters. The summed E-state index contributed by atoms with van der Waals surface area (Å²) in [5, 5.41) is 0. The van der Waals surface area contributed by atoms with Crippen LogP contribution < -0.4 is 0 Å². The Morgan fingerprint density at radius 1 is 1.00 bits per heavy atom. The van der Waals surface area contributed by atoms with Crippen molar-refractivity contribution in [3.8, 4) is 0 Å². The van der Waals surface area contributed by atoms with Crippen molar-refractivity contribution in [1.82, 2.24) is 0 Å². The first-order chi connectivity index (χ1) is 6.93. The highest BCUT2D eigenvalue weighted by atomic mass is 32.2. The molecule has 0 aliphatic rings. The molecule has 0 amide bonds. The van der Waals surface area contributed by atoms with Gasteiger partial charge in [0.1, 0.15) is 0 Å². The summed E-state index contributed by atoms with van der Waals surface area (Å²) in [7, 11) is -0.611. The summed E-state index contributed by atoms with van der Waals surface area (Å²) in [4.78, 5) is 20.8. The molecule has 0 bridgehead atoms. The number of hydrogen-bond acceptors (Lipinski definition) is 6. The van der Waals surface area contributed by atoms with Crippen molar-refractivity contribution in [2.75, 3.05) is 25.7 Å². The minimum Gasteiger partial charge on any atom is -0.434 e. The third-order valence-electron chi connectivity index (χ3n) is 0.691. The van der Waals surface area contributed by atoms with Crippen LogP contribution in [0.4, 0.5) is 9.59 Å². The molecule has 0 fully saturated rings. The van der Waals surface area contributed by atoms with Crippen molar-refractivity contribution >= 4 is 23.1 Å². The monoisotopic (exact) mass is 240 g/mol. The average Bonchev–Trinajstić information content (AvgIpc) is 2.03. The second-order valence-electron chi connectivity index (χ2n) is 2.21. The number of ether oxygens (including phenoxy) is 3. The molecule has 0 radical (unpaired) electrons.